The number of aliphatic carboxylic acids is 1. The third-order valence-electron chi connectivity index (χ3n) is 4.54. The molecule has 0 radical (unpaired) electrons. The molecule has 0 aliphatic heterocycles. The first-order valence-corrected chi connectivity index (χ1v) is 11.6. The lowest BCUT2D eigenvalue weighted by molar-refractivity contribution is -0.142. The van der Waals surface area contributed by atoms with E-state index in [4.69, 9.17) is 17.2 Å². The summed E-state index contributed by atoms with van der Waals surface area (Å²) in [6, 6.07) is -4.87. The van der Waals surface area contributed by atoms with Gasteiger partial charge in [-0.15, -0.1) is 0 Å². The molecule has 0 bridgehead atoms. The first-order valence-electron chi connectivity index (χ1n) is 10.2. The largest absolute Gasteiger partial charge is 0.480 e. The predicted molar refractivity (Wildman–Crippen MR) is 121 cm³/mol. The number of nitrogens with one attached hydrogen (secondary N) is 3. The van der Waals surface area contributed by atoms with Gasteiger partial charge in [-0.05, 0) is 30.8 Å². The molecule has 0 aliphatic carbocycles. The van der Waals surface area contributed by atoms with E-state index in [1.807, 2.05) is 0 Å². The van der Waals surface area contributed by atoms with Crippen molar-refractivity contribution in [3.8, 4) is 0 Å². The lowest BCUT2D eigenvalue weighted by Crippen LogP contribution is -2.58. The summed E-state index contributed by atoms with van der Waals surface area (Å²) in [5.74, 6) is -5.05. The number of carbonyl (C=O) groups is 6. The highest BCUT2D eigenvalue weighted by molar-refractivity contribution is 7.98. The number of carbonyl (C=O) groups excluding carboxylic acids is 5. The van der Waals surface area contributed by atoms with Crippen molar-refractivity contribution in [2.24, 2.45) is 23.1 Å². The van der Waals surface area contributed by atoms with Crippen molar-refractivity contribution in [3.63, 3.8) is 0 Å². The highest BCUT2D eigenvalue weighted by Gasteiger charge is 2.32. The first-order chi connectivity index (χ1) is 15.3. The number of nitrogens with two attached hydrogens (primary N) is 3. The second-order valence-corrected chi connectivity index (χ2v) is 8.74. The van der Waals surface area contributed by atoms with Crippen LogP contribution in [0.1, 0.15) is 39.5 Å². The Kier molecular flexibility index (Phi) is 13.7. The molecule has 4 atom stereocenters. The maximum atomic E-state index is 12.8. The van der Waals surface area contributed by atoms with E-state index in [2.05, 4.69) is 16.0 Å². The lowest BCUT2D eigenvalue weighted by Gasteiger charge is -2.27. The number of amides is 5. The Balaban J connectivity index is 5.45. The Morgan fingerprint density at radius 3 is 1.88 bits per heavy atom. The van der Waals surface area contributed by atoms with E-state index in [0.717, 1.165) is 0 Å². The molecule has 4 unspecified atom stereocenters. The number of hydrogen-bond donors (Lipinski definition) is 7. The van der Waals surface area contributed by atoms with Crippen molar-refractivity contribution < 1.29 is 33.9 Å². The van der Waals surface area contributed by atoms with Crippen molar-refractivity contribution in [2.45, 2.75) is 63.7 Å². The summed E-state index contributed by atoms with van der Waals surface area (Å²) < 4.78 is 0. The molecule has 0 saturated heterocycles. The molecule has 0 aromatic rings. The second-order valence-electron chi connectivity index (χ2n) is 7.75. The molecular formula is C19H34N6O7S. The zero-order chi connectivity index (χ0) is 25.7. The molecule has 33 heavy (non-hydrogen) atoms. The summed E-state index contributed by atoms with van der Waals surface area (Å²) in [5.41, 5.74) is 15.7. The minimum absolute atomic E-state index is 0.186. The number of primary amides is 2. The first kappa shape index (κ1) is 30.1. The fourth-order valence-electron chi connectivity index (χ4n) is 2.69. The van der Waals surface area contributed by atoms with E-state index in [-0.39, 0.29) is 19.3 Å². The molecule has 0 fully saturated rings. The van der Waals surface area contributed by atoms with Gasteiger partial charge in [0.1, 0.15) is 18.1 Å². The highest BCUT2D eigenvalue weighted by atomic mass is 32.2. The predicted octanol–water partition coefficient (Wildman–Crippen LogP) is -2.60. The van der Waals surface area contributed by atoms with Crippen molar-refractivity contribution in [2.75, 3.05) is 12.0 Å². The standard InChI is InChI=1S/C19H34N6O7S/c1-9(2)15(18(30)24-12(19(31)32)6-7-33-3)25-17(29)11(4-5-13(21)26)23-16(28)10(20)8-14(22)27/h9-12,15H,4-8,20H2,1-3H3,(H2,21,26)(H2,22,27)(H,23,28)(H,24,30)(H,25,29)(H,31,32). The minimum atomic E-state index is -1.32. The Labute approximate surface area is 196 Å². The maximum Gasteiger partial charge on any atom is 0.326 e. The fraction of sp³-hybridized carbons (Fsp3) is 0.684. The van der Waals surface area contributed by atoms with Crippen LogP contribution in [-0.4, -0.2) is 76.8 Å². The van der Waals surface area contributed by atoms with E-state index in [9.17, 15) is 33.9 Å². The van der Waals surface area contributed by atoms with Crippen molar-refractivity contribution in [1.82, 2.24) is 16.0 Å². The Hall–Kier alpha value is -2.87. The molecule has 5 amide bonds. The van der Waals surface area contributed by atoms with E-state index in [1.54, 1.807) is 20.1 Å². The van der Waals surface area contributed by atoms with Crippen molar-refractivity contribution >= 4 is 47.3 Å². The van der Waals surface area contributed by atoms with Gasteiger partial charge < -0.3 is 38.3 Å². The van der Waals surface area contributed by atoms with E-state index >= 15 is 0 Å². The minimum Gasteiger partial charge on any atom is -0.480 e. The molecule has 10 N–H and O–H groups in total. The van der Waals surface area contributed by atoms with Crippen LogP contribution in [0.4, 0.5) is 0 Å². The van der Waals surface area contributed by atoms with E-state index < -0.39 is 72.0 Å². The monoisotopic (exact) mass is 490 g/mol. The van der Waals surface area contributed by atoms with Crippen LogP contribution in [0.2, 0.25) is 0 Å². The van der Waals surface area contributed by atoms with Crippen LogP contribution in [0, 0.1) is 5.92 Å². The van der Waals surface area contributed by atoms with E-state index in [0.29, 0.717) is 5.75 Å². The average molecular weight is 491 g/mol. The number of thioether (sulfide) groups is 1. The van der Waals surface area contributed by atoms with Gasteiger partial charge in [0.05, 0.1) is 12.5 Å². The summed E-state index contributed by atoms with van der Waals surface area (Å²) in [6.07, 6.45) is 1.09. The van der Waals surface area contributed by atoms with Crippen molar-refractivity contribution in [3.05, 3.63) is 0 Å². The quantitative estimate of drug-likeness (QED) is 0.120. The second kappa shape index (κ2) is 15.1. The van der Waals surface area contributed by atoms with Gasteiger partial charge in [-0.3, -0.25) is 24.0 Å². The van der Waals surface area contributed by atoms with Crippen LogP contribution in [0.5, 0.6) is 0 Å². The lowest BCUT2D eigenvalue weighted by atomic mass is 10.0. The number of hydrogen-bond acceptors (Lipinski definition) is 8. The zero-order valence-corrected chi connectivity index (χ0v) is 19.8. The number of rotatable bonds is 16. The topological polar surface area (TPSA) is 237 Å². The molecule has 14 heteroatoms. The summed E-state index contributed by atoms with van der Waals surface area (Å²) >= 11 is 1.42. The van der Waals surface area contributed by atoms with Crippen molar-refractivity contribution in [1.29, 1.82) is 0 Å². The fourth-order valence-corrected chi connectivity index (χ4v) is 3.16. The Bertz CT molecular complexity index is 733. The Morgan fingerprint density at radius 2 is 1.42 bits per heavy atom. The van der Waals surface area contributed by atoms with Gasteiger partial charge in [0.25, 0.3) is 0 Å². The molecule has 0 aromatic heterocycles. The van der Waals surface area contributed by atoms with Crippen LogP contribution in [0.25, 0.3) is 0 Å². The average Bonchev–Trinajstić information content (AvgIpc) is 2.70. The molecule has 0 saturated carbocycles. The SMILES string of the molecule is CSCCC(NC(=O)C(NC(=O)C(CCC(N)=O)NC(=O)C(N)CC(N)=O)C(C)C)C(=O)O. The molecule has 188 valence electrons. The summed E-state index contributed by atoms with van der Waals surface area (Å²) in [5, 5.41) is 16.5. The van der Waals surface area contributed by atoms with Gasteiger partial charge in [-0.2, -0.15) is 11.8 Å². The van der Waals surface area contributed by atoms with Gasteiger partial charge in [0.15, 0.2) is 0 Å². The van der Waals surface area contributed by atoms with Crippen LogP contribution >= 0.6 is 11.8 Å². The van der Waals surface area contributed by atoms with E-state index in [1.165, 1.54) is 11.8 Å². The third kappa shape index (κ3) is 12.1. The smallest absolute Gasteiger partial charge is 0.326 e. The molecule has 0 aromatic carbocycles. The summed E-state index contributed by atoms with van der Waals surface area (Å²) in [4.78, 5) is 71.4. The van der Waals surface area contributed by atoms with Gasteiger partial charge in [0, 0.05) is 6.42 Å². The molecule has 0 spiro atoms. The molecule has 0 rings (SSSR count). The molecular weight excluding hydrogens is 456 g/mol. The summed E-state index contributed by atoms with van der Waals surface area (Å²) in [7, 11) is 0. The van der Waals surface area contributed by atoms with Crippen LogP contribution < -0.4 is 33.2 Å². The maximum absolute atomic E-state index is 12.8. The molecule has 13 nitrogen and oxygen atoms in total. The van der Waals surface area contributed by atoms with Crippen LogP contribution in [0.15, 0.2) is 0 Å². The number of carboxylic acids is 1. The summed E-state index contributed by atoms with van der Waals surface area (Å²) in [6.45, 7) is 3.28. The molecule has 0 heterocycles. The normalized spacial score (nSPS) is 14.5. The van der Waals surface area contributed by atoms with Gasteiger partial charge in [-0.1, -0.05) is 13.8 Å². The number of carboxylic acid groups (broad SMARTS) is 1. The van der Waals surface area contributed by atoms with Gasteiger partial charge in [0.2, 0.25) is 29.5 Å². The zero-order valence-electron chi connectivity index (χ0n) is 19.0. The highest BCUT2D eigenvalue weighted by Crippen LogP contribution is 2.08. The van der Waals surface area contributed by atoms with Crippen LogP contribution in [0.3, 0.4) is 0 Å². The Morgan fingerprint density at radius 1 is 0.848 bits per heavy atom. The molecule has 0 aliphatic rings. The van der Waals surface area contributed by atoms with Gasteiger partial charge in [-0.25, -0.2) is 4.79 Å². The third-order valence-corrected chi connectivity index (χ3v) is 5.19. The van der Waals surface area contributed by atoms with Crippen LogP contribution in [-0.2, 0) is 28.8 Å². The van der Waals surface area contributed by atoms with Gasteiger partial charge >= 0.3 is 5.97 Å².